The topological polar surface area (TPSA) is 75.6 Å². The Kier molecular flexibility index (Phi) is 5.00. The van der Waals surface area contributed by atoms with E-state index in [-0.39, 0.29) is 12.4 Å². The predicted octanol–water partition coefficient (Wildman–Crippen LogP) is 0.612. The standard InChI is InChI=1S/C12H15NO4/c1-2-17-12(16)11(13-8-14)7-9-3-5-10(15)6-4-9/h3-6,8,11,15H,2,7H2,1H3,(H,13,14)/t11-/m0/s1. The Morgan fingerprint density at radius 1 is 1.47 bits per heavy atom. The van der Waals surface area contributed by atoms with E-state index in [1.165, 1.54) is 12.1 Å². The minimum atomic E-state index is -0.697. The smallest absolute Gasteiger partial charge is 0.328 e. The average Bonchev–Trinajstić information content (AvgIpc) is 2.31. The molecule has 0 spiro atoms. The minimum Gasteiger partial charge on any atom is -0.508 e. The lowest BCUT2D eigenvalue weighted by Gasteiger charge is -2.14. The van der Waals surface area contributed by atoms with Gasteiger partial charge >= 0.3 is 5.97 Å². The van der Waals surface area contributed by atoms with Crippen molar-refractivity contribution in [3.8, 4) is 5.75 Å². The van der Waals surface area contributed by atoms with Crippen LogP contribution >= 0.6 is 0 Å². The summed E-state index contributed by atoms with van der Waals surface area (Å²) in [6.45, 7) is 1.97. The van der Waals surface area contributed by atoms with Crippen LogP contribution < -0.4 is 5.32 Å². The van der Waals surface area contributed by atoms with Crippen LogP contribution in [0.4, 0.5) is 0 Å². The van der Waals surface area contributed by atoms with E-state index in [1.807, 2.05) is 0 Å². The van der Waals surface area contributed by atoms with E-state index >= 15 is 0 Å². The van der Waals surface area contributed by atoms with Crippen LogP contribution in [-0.2, 0) is 20.7 Å². The third-order valence-electron chi connectivity index (χ3n) is 2.22. The van der Waals surface area contributed by atoms with Crippen LogP contribution in [0.5, 0.6) is 5.75 Å². The number of carbonyl (C=O) groups excluding carboxylic acids is 2. The average molecular weight is 237 g/mol. The van der Waals surface area contributed by atoms with E-state index in [1.54, 1.807) is 19.1 Å². The summed E-state index contributed by atoms with van der Waals surface area (Å²) in [4.78, 5) is 21.9. The van der Waals surface area contributed by atoms with E-state index in [9.17, 15) is 9.59 Å². The summed E-state index contributed by atoms with van der Waals surface area (Å²) in [5.41, 5.74) is 0.829. The molecule has 1 aromatic rings. The van der Waals surface area contributed by atoms with Gasteiger partial charge in [-0.3, -0.25) is 4.79 Å². The van der Waals surface area contributed by atoms with Gasteiger partial charge in [0.25, 0.3) is 0 Å². The molecule has 0 radical (unpaired) electrons. The van der Waals surface area contributed by atoms with Crippen LogP contribution in [0.25, 0.3) is 0 Å². The molecule has 5 nitrogen and oxygen atoms in total. The van der Waals surface area contributed by atoms with Crippen molar-refractivity contribution in [1.29, 1.82) is 0 Å². The molecule has 0 bridgehead atoms. The first-order valence-electron chi connectivity index (χ1n) is 5.31. The summed E-state index contributed by atoms with van der Waals surface area (Å²) in [5.74, 6) is -0.308. The van der Waals surface area contributed by atoms with Gasteiger partial charge in [-0.25, -0.2) is 4.79 Å². The van der Waals surface area contributed by atoms with Crippen molar-refractivity contribution in [3.63, 3.8) is 0 Å². The number of rotatable bonds is 6. The van der Waals surface area contributed by atoms with E-state index in [2.05, 4.69) is 5.32 Å². The number of ether oxygens (including phenoxy) is 1. The highest BCUT2D eigenvalue weighted by Gasteiger charge is 2.19. The lowest BCUT2D eigenvalue weighted by molar-refractivity contribution is -0.146. The molecule has 1 amide bonds. The fraction of sp³-hybridized carbons (Fsp3) is 0.333. The second-order valence-corrected chi connectivity index (χ2v) is 3.46. The molecule has 17 heavy (non-hydrogen) atoms. The first kappa shape index (κ1) is 13.0. The highest BCUT2D eigenvalue weighted by Crippen LogP contribution is 2.11. The molecular weight excluding hydrogens is 222 g/mol. The molecule has 92 valence electrons. The zero-order valence-electron chi connectivity index (χ0n) is 9.55. The second kappa shape index (κ2) is 6.52. The van der Waals surface area contributed by atoms with Crippen molar-refractivity contribution in [2.75, 3.05) is 6.61 Å². The Hall–Kier alpha value is -2.04. The molecule has 0 aliphatic rings. The monoisotopic (exact) mass is 237 g/mol. The van der Waals surface area contributed by atoms with Crippen LogP contribution in [0.2, 0.25) is 0 Å². The number of carbonyl (C=O) groups is 2. The summed E-state index contributed by atoms with van der Waals surface area (Å²) in [6.07, 6.45) is 0.805. The van der Waals surface area contributed by atoms with Crippen molar-refractivity contribution in [2.45, 2.75) is 19.4 Å². The van der Waals surface area contributed by atoms with Crippen molar-refractivity contribution >= 4 is 12.4 Å². The number of nitrogens with one attached hydrogen (secondary N) is 1. The van der Waals surface area contributed by atoms with E-state index in [0.717, 1.165) is 5.56 Å². The summed E-state index contributed by atoms with van der Waals surface area (Å²) in [6, 6.07) is 5.73. The number of hydrogen-bond acceptors (Lipinski definition) is 4. The van der Waals surface area contributed by atoms with Crippen molar-refractivity contribution in [3.05, 3.63) is 29.8 Å². The van der Waals surface area contributed by atoms with Gasteiger partial charge < -0.3 is 15.2 Å². The first-order chi connectivity index (χ1) is 8.17. The third kappa shape index (κ3) is 4.14. The normalized spacial score (nSPS) is 11.6. The third-order valence-corrected chi connectivity index (χ3v) is 2.22. The number of amides is 1. The maximum atomic E-state index is 11.5. The molecule has 1 aromatic carbocycles. The van der Waals surface area contributed by atoms with Gasteiger partial charge in [0.2, 0.25) is 6.41 Å². The highest BCUT2D eigenvalue weighted by molar-refractivity contribution is 5.78. The van der Waals surface area contributed by atoms with Gasteiger partial charge in [0, 0.05) is 6.42 Å². The first-order valence-corrected chi connectivity index (χ1v) is 5.31. The van der Waals surface area contributed by atoms with Gasteiger partial charge in [0.05, 0.1) is 6.61 Å². The molecule has 5 heteroatoms. The van der Waals surface area contributed by atoms with Crippen molar-refractivity contribution in [2.24, 2.45) is 0 Å². The molecule has 0 aromatic heterocycles. The van der Waals surface area contributed by atoms with Gasteiger partial charge in [0.15, 0.2) is 0 Å². The quantitative estimate of drug-likeness (QED) is 0.561. The number of aromatic hydroxyl groups is 1. The van der Waals surface area contributed by atoms with Gasteiger partial charge in [-0.1, -0.05) is 12.1 Å². The van der Waals surface area contributed by atoms with Gasteiger partial charge in [0.1, 0.15) is 11.8 Å². The lowest BCUT2D eigenvalue weighted by atomic mass is 10.1. The Morgan fingerprint density at radius 3 is 2.65 bits per heavy atom. The molecule has 0 saturated carbocycles. The molecular formula is C12H15NO4. The SMILES string of the molecule is CCOC(=O)[C@H](Cc1ccc(O)cc1)NC=O. The molecule has 0 fully saturated rings. The van der Waals surface area contributed by atoms with Crippen molar-refractivity contribution < 1.29 is 19.4 Å². The molecule has 1 atom stereocenters. The zero-order valence-corrected chi connectivity index (χ0v) is 9.55. The summed E-state index contributed by atoms with van der Waals surface area (Å²) >= 11 is 0. The number of phenols is 1. The predicted molar refractivity (Wildman–Crippen MR) is 61.4 cm³/mol. The molecule has 0 aliphatic heterocycles. The summed E-state index contributed by atoms with van der Waals surface area (Å²) < 4.78 is 4.84. The number of benzene rings is 1. The maximum absolute atomic E-state index is 11.5. The fourth-order valence-corrected chi connectivity index (χ4v) is 1.40. The number of esters is 1. The molecule has 0 saturated heterocycles. The van der Waals surface area contributed by atoms with Gasteiger partial charge in [-0.05, 0) is 24.6 Å². The zero-order chi connectivity index (χ0) is 12.7. The minimum absolute atomic E-state index is 0.157. The number of hydrogen-bond donors (Lipinski definition) is 2. The lowest BCUT2D eigenvalue weighted by Crippen LogP contribution is -2.39. The molecule has 1 rings (SSSR count). The molecule has 0 aliphatic carbocycles. The van der Waals surface area contributed by atoms with Crippen LogP contribution in [0.15, 0.2) is 24.3 Å². The Labute approximate surface area is 99.4 Å². The van der Waals surface area contributed by atoms with Crippen LogP contribution in [0, 0.1) is 0 Å². The largest absolute Gasteiger partial charge is 0.508 e. The molecule has 0 heterocycles. The number of phenolic OH excluding ortho intramolecular Hbond substituents is 1. The summed E-state index contributed by atoms with van der Waals surface area (Å²) in [7, 11) is 0. The Bertz CT molecular complexity index is 375. The fourth-order valence-electron chi connectivity index (χ4n) is 1.40. The van der Waals surface area contributed by atoms with E-state index in [0.29, 0.717) is 12.8 Å². The second-order valence-electron chi connectivity index (χ2n) is 3.46. The Balaban J connectivity index is 2.68. The summed E-state index contributed by atoms with van der Waals surface area (Å²) in [5, 5.41) is 11.5. The van der Waals surface area contributed by atoms with Crippen LogP contribution in [0.1, 0.15) is 12.5 Å². The molecule has 2 N–H and O–H groups in total. The Morgan fingerprint density at radius 2 is 2.12 bits per heavy atom. The van der Waals surface area contributed by atoms with Crippen molar-refractivity contribution in [1.82, 2.24) is 5.32 Å². The van der Waals surface area contributed by atoms with Crippen LogP contribution in [0.3, 0.4) is 0 Å². The van der Waals surface area contributed by atoms with E-state index < -0.39 is 12.0 Å². The van der Waals surface area contributed by atoms with Gasteiger partial charge in [-0.2, -0.15) is 0 Å². The highest BCUT2D eigenvalue weighted by atomic mass is 16.5. The van der Waals surface area contributed by atoms with E-state index in [4.69, 9.17) is 9.84 Å². The van der Waals surface area contributed by atoms with Gasteiger partial charge in [-0.15, -0.1) is 0 Å². The van der Waals surface area contributed by atoms with Crippen LogP contribution in [-0.4, -0.2) is 30.1 Å². The molecule has 0 unspecified atom stereocenters. The maximum Gasteiger partial charge on any atom is 0.328 e.